The molecule has 0 saturated heterocycles. The number of aromatic nitrogens is 1. The lowest BCUT2D eigenvalue weighted by atomic mass is 10.2. The SMILES string of the molecule is CC(=O)c1cc(C(=O)OCC(=O)N(C)c2ccccc2)n(C)c1. The number of ether oxygens (including phenoxy) is 1. The van der Waals surface area contributed by atoms with Crippen molar-refractivity contribution in [2.75, 3.05) is 18.6 Å². The number of benzene rings is 1. The number of esters is 1. The Bertz CT molecular complexity index is 734. The lowest BCUT2D eigenvalue weighted by molar-refractivity contribution is -0.121. The summed E-state index contributed by atoms with van der Waals surface area (Å²) in [5.41, 5.74) is 1.36. The molecule has 120 valence electrons. The zero-order chi connectivity index (χ0) is 17.0. The third-order valence-corrected chi connectivity index (χ3v) is 3.46. The topological polar surface area (TPSA) is 68.6 Å². The molecule has 1 aromatic carbocycles. The van der Waals surface area contributed by atoms with E-state index in [1.807, 2.05) is 18.2 Å². The maximum absolute atomic E-state index is 12.1. The van der Waals surface area contributed by atoms with Crippen LogP contribution < -0.4 is 4.90 Å². The number of hydrogen-bond donors (Lipinski definition) is 0. The van der Waals surface area contributed by atoms with E-state index < -0.39 is 5.97 Å². The summed E-state index contributed by atoms with van der Waals surface area (Å²) in [7, 11) is 3.25. The Morgan fingerprint density at radius 1 is 1.17 bits per heavy atom. The average Bonchev–Trinajstić information content (AvgIpc) is 2.94. The van der Waals surface area contributed by atoms with E-state index in [0.29, 0.717) is 11.3 Å². The van der Waals surface area contributed by atoms with Crippen molar-refractivity contribution in [2.45, 2.75) is 6.92 Å². The van der Waals surface area contributed by atoms with Crippen molar-refractivity contribution in [3.05, 3.63) is 53.9 Å². The van der Waals surface area contributed by atoms with E-state index in [-0.39, 0.29) is 24.0 Å². The van der Waals surface area contributed by atoms with Gasteiger partial charge in [0.25, 0.3) is 5.91 Å². The number of aryl methyl sites for hydroxylation is 1. The summed E-state index contributed by atoms with van der Waals surface area (Å²) < 4.78 is 6.55. The lowest BCUT2D eigenvalue weighted by Gasteiger charge is -2.17. The number of ketones is 1. The van der Waals surface area contributed by atoms with Crippen molar-refractivity contribution in [1.82, 2.24) is 4.57 Å². The smallest absolute Gasteiger partial charge is 0.355 e. The lowest BCUT2D eigenvalue weighted by Crippen LogP contribution is -2.31. The second kappa shape index (κ2) is 6.91. The van der Waals surface area contributed by atoms with Gasteiger partial charge in [-0.25, -0.2) is 4.79 Å². The van der Waals surface area contributed by atoms with Crippen LogP contribution in [0.2, 0.25) is 0 Å². The fourth-order valence-electron chi connectivity index (χ4n) is 2.05. The molecular weight excluding hydrogens is 296 g/mol. The molecule has 0 unspecified atom stereocenters. The third kappa shape index (κ3) is 3.85. The maximum atomic E-state index is 12.1. The molecular formula is C17H18N2O4. The first-order valence-electron chi connectivity index (χ1n) is 7.06. The van der Waals surface area contributed by atoms with Crippen molar-refractivity contribution in [1.29, 1.82) is 0 Å². The summed E-state index contributed by atoms with van der Waals surface area (Å²) in [6, 6.07) is 10.5. The third-order valence-electron chi connectivity index (χ3n) is 3.46. The number of carbonyl (C=O) groups excluding carboxylic acids is 3. The van der Waals surface area contributed by atoms with Gasteiger partial charge < -0.3 is 14.2 Å². The van der Waals surface area contributed by atoms with Gasteiger partial charge in [-0.3, -0.25) is 9.59 Å². The minimum Gasteiger partial charge on any atom is -0.451 e. The Morgan fingerprint density at radius 3 is 2.39 bits per heavy atom. The quantitative estimate of drug-likeness (QED) is 0.625. The highest BCUT2D eigenvalue weighted by molar-refractivity contribution is 5.99. The summed E-state index contributed by atoms with van der Waals surface area (Å²) in [4.78, 5) is 36.8. The first-order chi connectivity index (χ1) is 10.9. The number of Topliss-reactive ketones (excluding diaryl/α,β-unsaturated/α-hetero) is 1. The van der Waals surface area contributed by atoms with Gasteiger partial charge in [0.2, 0.25) is 0 Å². The van der Waals surface area contributed by atoms with Crippen LogP contribution in [-0.4, -0.2) is 35.9 Å². The largest absolute Gasteiger partial charge is 0.451 e. The fourth-order valence-corrected chi connectivity index (χ4v) is 2.05. The number of carbonyl (C=O) groups is 3. The molecule has 0 aliphatic rings. The van der Waals surface area contributed by atoms with Gasteiger partial charge >= 0.3 is 5.97 Å². The highest BCUT2D eigenvalue weighted by Gasteiger charge is 2.18. The summed E-state index contributed by atoms with van der Waals surface area (Å²) in [6.45, 7) is 1.05. The van der Waals surface area contributed by atoms with Crippen molar-refractivity contribution >= 4 is 23.3 Å². The van der Waals surface area contributed by atoms with Gasteiger partial charge in [0.1, 0.15) is 5.69 Å². The van der Waals surface area contributed by atoms with Crippen LogP contribution in [0.25, 0.3) is 0 Å². The zero-order valence-corrected chi connectivity index (χ0v) is 13.3. The van der Waals surface area contributed by atoms with E-state index in [4.69, 9.17) is 4.74 Å². The Labute approximate surface area is 134 Å². The van der Waals surface area contributed by atoms with Crippen LogP contribution in [0.15, 0.2) is 42.6 Å². The summed E-state index contributed by atoms with van der Waals surface area (Å²) in [5, 5.41) is 0. The van der Waals surface area contributed by atoms with E-state index in [1.54, 1.807) is 32.4 Å². The first-order valence-corrected chi connectivity index (χ1v) is 7.06. The normalized spacial score (nSPS) is 10.2. The number of hydrogen-bond acceptors (Lipinski definition) is 4. The van der Waals surface area contributed by atoms with Gasteiger partial charge in [0.15, 0.2) is 12.4 Å². The molecule has 0 aliphatic heterocycles. The van der Waals surface area contributed by atoms with E-state index in [0.717, 1.165) is 0 Å². The average molecular weight is 314 g/mol. The van der Waals surface area contributed by atoms with E-state index in [9.17, 15) is 14.4 Å². The Kier molecular flexibility index (Phi) is 4.95. The number of nitrogens with zero attached hydrogens (tertiary/aromatic N) is 2. The van der Waals surface area contributed by atoms with Crippen LogP contribution in [0.3, 0.4) is 0 Å². The van der Waals surface area contributed by atoms with Gasteiger partial charge in [-0.05, 0) is 25.1 Å². The summed E-state index contributed by atoms with van der Waals surface area (Å²) in [6.07, 6.45) is 1.55. The number of amides is 1. The number of likely N-dealkylation sites (N-methyl/N-ethyl adjacent to an activating group) is 1. The van der Waals surface area contributed by atoms with E-state index in [1.165, 1.54) is 22.5 Å². The molecule has 0 radical (unpaired) electrons. The second-order valence-electron chi connectivity index (χ2n) is 5.15. The van der Waals surface area contributed by atoms with Crippen LogP contribution in [0.4, 0.5) is 5.69 Å². The second-order valence-corrected chi connectivity index (χ2v) is 5.15. The zero-order valence-electron chi connectivity index (χ0n) is 13.3. The standard InChI is InChI=1S/C17H18N2O4/c1-12(20)13-9-15(18(2)10-13)17(22)23-11-16(21)19(3)14-7-5-4-6-8-14/h4-10H,11H2,1-3H3. The van der Waals surface area contributed by atoms with Crippen molar-refractivity contribution in [3.63, 3.8) is 0 Å². The number of para-hydroxylation sites is 1. The molecule has 2 aromatic rings. The van der Waals surface area contributed by atoms with Crippen molar-refractivity contribution in [2.24, 2.45) is 7.05 Å². The van der Waals surface area contributed by atoms with Gasteiger partial charge in [-0.2, -0.15) is 0 Å². The molecule has 0 fully saturated rings. The number of rotatable bonds is 5. The predicted molar refractivity (Wildman–Crippen MR) is 85.6 cm³/mol. The van der Waals surface area contributed by atoms with Crippen LogP contribution in [-0.2, 0) is 16.6 Å². The minimum absolute atomic E-state index is 0.139. The summed E-state index contributed by atoms with van der Waals surface area (Å²) >= 11 is 0. The van der Waals surface area contributed by atoms with E-state index >= 15 is 0 Å². The molecule has 6 nitrogen and oxygen atoms in total. The van der Waals surface area contributed by atoms with Gasteiger partial charge in [-0.1, -0.05) is 18.2 Å². The van der Waals surface area contributed by atoms with Crippen LogP contribution in [0, 0.1) is 0 Å². The molecule has 0 aliphatic carbocycles. The molecule has 0 saturated carbocycles. The van der Waals surface area contributed by atoms with Crippen molar-refractivity contribution < 1.29 is 19.1 Å². The van der Waals surface area contributed by atoms with Crippen LogP contribution in [0.1, 0.15) is 27.8 Å². The fraction of sp³-hybridized carbons (Fsp3) is 0.235. The highest BCUT2D eigenvalue weighted by Crippen LogP contribution is 2.12. The first kappa shape index (κ1) is 16.5. The predicted octanol–water partition coefficient (Wildman–Crippen LogP) is 2.05. The number of anilines is 1. The Morgan fingerprint density at radius 2 is 1.83 bits per heavy atom. The van der Waals surface area contributed by atoms with Crippen LogP contribution in [0.5, 0.6) is 0 Å². The highest BCUT2D eigenvalue weighted by atomic mass is 16.5. The molecule has 0 N–H and O–H groups in total. The molecule has 6 heteroatoms. The monoisotopic (exact) mass is 314 g/mol. The molecule has 1 aromatic heterocycles. The Hall–Kier alpha value is -2.89. The van der Waals surface area contributed by atoms with Gasteiger partial charge in [0.05, 0.1) is 0 Å². The molecule has 0 spiro atoms. The van der Waals surface area contributed by atoms with Gasteiger partial charge in [0, 0.05) is 31.5 Å². The Balaban J connectivity index is 1.99. The molecule has 0 bridgehead atoms. The minimum atomic E-state index is -0.644. The van der Waals surface area contributed by atoms with Gasteiger partial charge in [-0.15, -0.1) is 0 Å². The molecule has 23 heavy (non-hydrogen) atoms. The van der Waals surface area contributed by atoms with Crippen molar-refractivity contribution in [3.8, 4) is 0 Å². The molecule has 2 rings (SSSR count). The molecule has 1 heterocycles. The maximum Gasteiger partial charge on any atom is 0.355 e. The molecule has 0 atom stereocenters. The molecule has 1 amide bonds. The van der Waals surface area contributed by atoms with E-state index in [2.05, 4.69) is 0 Å². The van der Waals surface area contributed by atoms with Crippen LogP contribution >= 0.6 is 0 Å². The summed E-state index contributed by atoms with van der Waals surface area (Å²) in [5.74, 6) is -1.13.